The van der Waals surface area contributed by atoms with Crippen LogP contribution in [0.4, 0.5) is 0 Å². The fraction of sp³-hybridized carbons (Fsp3) is 0.556. The summed E-state index contributed by atoms with van der Waals surface area (Å²) in [5.74, 6) is 1.59. The molecule has 0 fully saturated rings. The van der Waals surface area contributed by atoms with Crippen molar-refractivity contribution in [3.63, 3.8) is 0 Å². The molecule has 0 unspecified atom stereocenters. The van der Waals surface area contributed by atoms with Crippen molar-refractivity contribution in [1.82, 2.24) is 4.90 Å². The summed E-state index contributed by atoms with van der Waals surface area (Å²) in [5, 5.41) is 19.3. The van der Waals surface area contributed by atoms with Crippen LogP contribution in [0.15, 0.2) is 24.3 Å². The summed E-state index contributed by atoms with van der Waals surface area (Å²) in [6.07, 6.45) is 5.07. The van der Waals surface area contributed by atoms with Gasteiger partial charge in [-0.2, -0.15) is 0 Å². The van der Waals surface area contributed by atoms with Gasteiger partial charge in [0.05, 0.1) is 25.2 Å². The van der Waals surface area contributed by atoms with Crippen molar-refractivity contribution in [1.29, 1.82) is 0 Å². The van der Waals surface area contributed by atoms with E-state index >= 15 is 0 Å². The van der Waals surface area contributed by atoms with Gasteiger partial charge in [0.15, 0.2) is 11.5 Å². The van der Waals surface area contributed by atoms with Gasteiger partial charge in [0.2, 0.25) is 0 Å². The van der Waals surface area contributed by atoms with Crippen molar-refractivity contribution in [2.75, 3.05) is 26.8 Å². The van der Waals surface area contributed by atoms with Gasteiger partial charge in [-0.25, -0.2) is 0 Å². The van der Waals surface area contributed by atoms with E-state index in [9.17, 15) is 10.2 Å². The maximum Gasteiger partial charge on any atom is 0.166 e. The number of rotatable bonds is 3. The molecule has 2 aliphatic heterocycles. The molecule has 4 rings (SSSR count). The molecule has 3 atom stereocenters. The molecule has 0 aromatic heterocycles. The number of nitrogens with zero attached hydrogens (tertiary/aromatic N) is 1. The standard InChI is InChI=1S/C18H23NO4/c1-22-14-3-2-12-11-19(8-9-20)7-6-18-5-4-13(21)10-15(18)23-17(14)16(12)18/h2-5,13,15,20-21H,6-11H2,1H3/t13-,15-,18-/m1/s1. The Balaban J connectivity index is 1.87. The maximum atomic E-state index is 10.0. The number of methoxy groups -OCH3 is 1. The van der Waals surface area contributed by atoms with E-state index in [2.05, 4.69) is 17.0 Å². The van der Waals surface area contributed by atoms with E-state index in [1.165, 1.54) is 11.1 Å². The predicted molar refractivity (Wildman–Crippen MR) is 85.8 cm³/mol. The van der Waals surface area contributed by atoms with E-state index < -0.39 is 6.10 Å². The normalized spacial score (nSPS) is 32.0. The minimum absolute atomic E-state index is 0.0540. The first-order valence-electron chi connectivity index (χ1n) is 8.25. The zero-order valence-corrected chi connectivity index (χ0v) is 13.4. The van der Waals surface area contributed by atoms with Crippen LogP contribution in [0.3, 0.4) is 0 Å². The first kappa shape index (κ1) is 15.0. The molecule has 2 N–H and O–H groups in total. The van der Waals surface area contributed by atoms with Crippen LogP contribution >= 0.6 is 0 Å². The minimum Gasteiger partial charge on any atom is -0.493 e. The second kappa shape index (κ2) is 5.51. The molecule has 5 heteroatoms. The first-order valence-corrected chi connectivity index (χ1v) is 8.25. The van der Waals surface area contributed by atoms with Gasteiger partial charge in [-0.3, -0.25) is 4.90 Å². The fourth-order valence-corrected chi connectivity index (χ4v) is 4.33. The number of benzene rings is 1. The maximum absolute atomic E-state index is 10.0. The molecular formula is C18H23NO4. The molecule has 5 nitrogen and oxygen atoms in total. The molecule has 124 valence electrons. The highest BCUT2D eigenvalue weighted by atomic mass is 16.5. The molecule has 2 heterocycles. The molecule has 0 saturated heterocycles. The third-order valence-corrected chi connectivity index (χ3v) is 5.45. The molecule has 0 saturated carbocycles. The van der Waals surface area contributed by atoms with Gasteiger partial charge in [0, 0.05) is 25.1 Å². The van der Waals surface area contributed by atoms with E-state index in [-0.39, 0.29) is 18.1 Å². The van der Waals surface area contributed by atoms with Crippen LogP contribution < -0.4 is 9.47 Å². The predicted octanol–water partition coefficient (Wildman–Crippen LogP) is 1.21. The summed E-state index contributed by atoms with van der Waals surface area (Å²) in [6.45, 7) is 2.55. The molecule has 3 aliphatic rings. The Labute approximate surface area is 136 Å². The quantitative estimate of drug-likeness (QED) is 0.821. The van der Waals surface area contributed by atoms with E-state index in [0.29, 0.717) is 13.0 Å². The average molecular weight is 317 g/mol. The van der Waals surface area contributed by atoms with E-state index in [1.807, 2.05) is 12.1 Å². The largest absolute Gasteiger partial charge is 0.493 e. The third-order valence-electron chi connectivity index (χ3n) is 5.45. The number of hydrogen-bond donors (Lipinski definition) is 2. The summed E-state index contributed by atoms with van der Waals surface area (Å²) < 4.78 is 11.8. The topological polar surface area (TPSA) is 62.2 Å². The molecule has 1 aromatic rings. The Bertz CT molecular complexity index is 644. The first-order chi connectivity index (χ1) is 11.2. The van der Waals surface area contributed by atoms with Gasteiger partial charge in [-0.1, -0.05) is 18.2 Å². The van der Waals surface area contributed by atoms with Gasteiger partial charge in [0.25, 0.3) is 0 Å². The molecule has 1 aliphatic carbocycles. The Hall–Kier alpha value is -1.56. The van der Waals surface area contributed by atoms with Gasteiger partial charge >= 0.3 is 0 Å². The van der Waals surface area contributed by atoms with Gasteiger partial charge in [-0.15, -0.1) is 0 Å². The van der Waals surface area contributed by atoms with Crippen molar-refractivity contribution < 1.29 is 19.7 Å². The Kier molecular flexibility index (Phi) is 3.59. The highest BCUT2D eigenvalue weighted by Gasteiger charge is 2.52. The van der Waals surface area contributed by atoms with Crippen LogP contribution in [0, 0.1) is 0 Å². The monoisotopic (exact) mass is 317 g/mol. The summed E-state index contributed by atoms with van der Waals surface area (Å²) >= 11 is 0. The zero-order chi connectivity index (χ0) is 16.0. The lowest BCUT2D eigenvalue weighted by atomic mass is 9.69. The van der Waals surface area contributed by atoms with Gasteiger partial charge in [-0.05, 0) is 24.6 Å². The lowest BCUT2D eigenvalue weighted by molar-refractivity contribution is 0.0799. The second-order valence-electron chi connectivity index (χ2n) is 6.69. The van der Waals surface area contributed by atoms with Crippen LogP contribution in [-0.4, -0.2) is 54.1 Å². The lowest BCUT2D eigenvalue weighted by Crippen LogP contribution is -2.43. The molecule has 0 bridgehead atoms. The van der Waals surface area contributed by atoms with Gasteiger partial charge < -0.3 is 19.7 Å². The molecule has 23 heavy (non-hydrogen) atoms. The van der Waals surface area contributed by atoms with Crippen molar-refractivity contribution in [2.24, 2.45) is 0 Å². The summed E-state index contributed by atoms with van der Waals surface area (Å²) in [7, 11) is 1.66. The number of hydrogen-bond acceptors (Lipinski definition) is 5. The number of aliphatic hydroxyl groups excluding tert-OH is 2. The molecule has 0 radical (unpaired) electrons. The van der Waals surface area contributed by atoms with Crippen molar-refractivity contribution >= 4 is 0 Å². The summed E-state index contributed by atoms with van der Waals surface area (Å²) in [5.41, 5.74) is 2.25. The molecular weight excluding hydrogens is 294 g/mol. The molecule has 1 aromatic carbocycles. The SMILES string of the molecule is COc1ccc2c3c1O[C@@H]1C[C@H](O)C=C[C@]31CCN(CCO)C2. The third kappa shape index (κ3) is 2.18. The minimum atomic E-state index is -0.453. The van der Waals surface area contributed by atoms with Crippen molar-refractivity contribution in [3.05, 3.63) is 35.4 Å². The van der Waals surface area contributed by atoms with Crippen molar-refractivity contribution in [3.8, 4) is 11.5 Å². The molecule has 0 amide bonds. The van der Waals surface area contributed by atoms with Crippen LogP contribution in [0.1, 0.15) is 24.0 Å². The van der Waals surface area contributed by atoms with E-state index in [4.69, 9.17) is 9.47 Å². The Morgan fingerprint density at radius 1 is 1.43 bits per heavy atom. The summed E-state index contributed by atoms with van der Waals surface area (Å²) in [6, 6.07) is 4.07. The second-order valence-corrected chi connectivity index (χ2v) is 6.69. The van der Waals surface area contributed by atoms with Crippen LogP contribution in [-0.2, 0) is 12.0 Å². The fourth-order valence-electron chi connectivity index (χ4n) is 4.33. The van der Waals surface area contributed by atoms with Crippen molar-refractivity contribution in [2.45, 2.75) is 37.0 Å². The lowest BCUT2D eigenvalue weighted by Gasteiger charge is -2.35. The number of aliphatic hydroxyl groups is 2. The van der Waals surface area contributed by atoms with E-state index in [1.54, 1.807) is 7.11 Å². The highest BCUT2D eigenvalue weighted by molar-refractivity contribution is 5.60. The summed E-state index contributed by atoms with van der Waals surface area (Å²) in [4.78, 5) is 2.28. The molecule has 1 spiro atoms. The number of β-amino-alcohol motifs (C(OH)–C–C–N with tert-alkyl or cyclic N) is 1. The Morgan fingerprint density at radius 2 is 2.30 bits per heavy atom. The number of ether oxygens (including phenoxy) is 2. The van der Waals surface area contributed by atoms with Crippen LogP contribution in [0.25, 0.3) is 0 Å². The van der Waals surface area contributed by atoms with E-state index in [0.717, 1.165) is 31.0 Å². The van der Waals surface area contributed by atoms with Crippen LogP contribution in [0.2, 0.25) is 0 Å². The smallest absolute Gasteiger partial charge is 0.166 e. The highest BCUT2D eigenvalue weighted by Crippen LogP contribution is 2.55. The van der Waals surface area contributed by atoms with Gasteiger partial charge in [0.1, 0.15) is 6.10 Å². The zero-order valence-electron chi connectivity index (χ0n) is 13.4. The Morgan fingerprint density at radius 3 is 3.09 bits per heavy atom. The van der Waals surface area contributed by atoms with Crippen LogP contribution in [0.5, 0.6) is 11.5 Å². The average Bonchev–Trinajstić information content (AvgIpc) is 2.79.